The molecule has 28 heavy (non-hydrogen) atoms. The summed E-state index contributed by atoms with van der Waals surface area (Å²) in [6, 6.07) is 3.65. The zero-order valence-electron chi connectivity index (χ0n) is 16.7. The second-order valence-electron chi connectivity index (χ2n) is 9.03. The topological polar surface area (TPSA) is 61.4 Å². The molecule has 0 saturated carbocycles. The van der Waals surface area contributed by atoms with Crippen molar-refractivity contribution in [1.82, 2.24) is 15.5 Å². The van der Waals surface area contributed by atoms with Crippen LogP contribution in [0.4, 0.5) is 8.78 Å². The van der Waals surface area contributed by atoms with E-state index in [-0.39, 0.29) is 17.0 Å². The number of piperidine rings is 1. The summed E-state index contributed by atoms with van der Waals surface area (Å²) in [5.74, 6) is -1.72. The molecule has 2 aliphatic heterocycles. The van der Waals surface area contributed by atoms with Crippen molar-refractivity contribution < 1.29 is 18.4 Å². The van der Waals surface area contributed by atoms with Gasteiger partial charge in [0.15, 0.2) is 0 Å². The van der Waals surface area contributed by atoms with Crippen LogP contribution >= 0.6 is 0 Å². The van der Waals surface area contributed by atoms with E-state index in [4.69, 9.17) is 0 Å². The van der Waals surface area contributed by atoms with Gasteiger partial charge in [-0.05, 0) is 64.5 Å². The fraction of sp³-hybridized carbons (Fsp3) is 0.619. The highest BCUT2D eigenvalue weighted by atomic mass is 19.1. The first-order chi connectivity index (χ1) is 13.1. The highest BCUT2D eigenvalue weighted by molar-refractivity contribution is 5.94. The molecule has 2 atom stereocenters. The average molecular weight is 393 g/mol. The highest BCUT2D eigenvalue weighted by Gasteiger charge is 2.41. The molecular weight excluding hydrogens is 364 g/mol. The Balaban J connectivity index is 1.51. The number of carbonyl (C=O) groups is 2. The largest absolute Gasteiger partial charge is 0.352 e. The number of amides is 2. The molecule has 5 nitrogen and oxygen atoms in total. The van der Waals surface area contributed by atoms with Crippen LogP contribution in [-0.2, 0) is 4.79 Å². The van der Waals surface area contributed by atoms with Crippen LogP contribution < -0.4 is 10.6 Å². The van der Waals surface area contributed by atoms with Gasteiger partial charge in [-0.1, -0.05) is 0 Å². The molecule has 2 unspecified atom stereocenters. The third kappa shape index (κ3) is 5.07. The maximum atomic E-state index is 13.7. The standard InChI is InChI=1S/C21H29F2N3O2/c1-21(2,3)25-19(27)12-26-15-5-6-16(26)9-13(8-15)11-24-20(28)17-7-4-14(22)10-18(17)23/h4,7,10,13,15-16H,5-6,8-9,11-12H2,1-3H3,(H,24,28)(H,25,27). The van der Waals surface area contributed by atoms with Gasteiger partial charge in [-0.3, -0.25) is 14.5 Å². The van der Waals surface area contributed by atoms with Gasteiger partial charge < -0.3 is 10.6 Å². The van der Waals surface area contributed by atoms with Crippen LogP contribution in [0.1, 0.15) is 56.8 Å². The van der Waals surface area contributed by atoms with Crippen LogP contribution in [0.25, 0.3) is 0 Å². The van der Waals surface area contributed by atoms with Crippen LogP contribution in [0, 0.1) is 17.6 Å². The van der Waals surface area contributed by atoms with Gasteiger partial charge in [0, 0.05) is 30.2 Å². The van der Waals surface area contributed by atoms with Gasteiger partial charge in [0.05, 0.1) is 12.1 Å². The molecule has 3 rings (SSSR count). The molecule has 2 bridgehead atoms. The quantitative estimate of drug-likeness (QED) is 0.809. The molecule has 0 spiro atoms. The fourth-order valence-electron chi connectivity index (χ4n) is 4.44. The van der Waals surface area contributed by atoms with Crippen LogP contribution in [0.2, 0.25) is 0 Å². The summed E-state index contributed by atoms with van der Waals surface area (Å²) >= 11 is 0. The molecule has 2 N–H and O–H groups in total. The van der Waals surface area contributed by atoms with Crippen molar-refractivity contribution >= 4 is 11.8 Å². The van der Waals surface area contributed by atoms with E-state index in [1.165, 1.54) is 6.07 Å². The normalized spacial score (nSPS) is 24.8. The van der Waals surface area contributed by atoms with Crippen LogP contribution in [-0.4, -0.2) is 47.4 Å². The Hall–Kier alpha value is -2.02. The first-order valence-electron chi connectivity index (χ1n) is 9.92. The van der Waals surface area contributed by atoms with Crippen molar-refractivity contribution in [3.63, 3.8) is 0 Å². The van der Waals surface area contributed by atoms with E-state index in [9.17, 15) is 18.4 Å². The molecule has 0 aromatic heterocycles. The molecule has 1 aromatic carbocycles. The minimum absolute atomic E-state index is 0.0444. The van der Waals surface area contributed by atoms with Crippen molar-refractivity contribution in [3.8, 4) is 0 Å². The number of hydrogen-bond acceptors (Lipinski definition) is 3. The van der Waals surface area contributed by atoms with E-state index >= 15 is 0 Å². The molecule has 2 fully saturated rings. The third-order valence-corrected chi connectivity index (χ3v) is 5.55. The molecular formula is C21H29F2N3O2. The Morgan fingerprint density at radius 3 is 2.36 bits per heavy atom. The van der Waals surface area contributed by atoms with E-state index in [0.717, 1.165) is 37.8 Å². The van der Waals surface area contributed by atoms with Gasteiger partial charge in [-0.25, -0.2) is 8.78 Å². The Bertz CT molecular complexity index is 734. The summed E-state index contributed by atoms with van der Waals surface area (Å²) in [6.45, 7) is 6.78. The van der Waals surface area contributed by atoms with Crippen LogP contribution in [0.3, 0.4) is 0 Å². The summed E-state index contributed by atoms with van der Waals surface area (Å²) in [7, 11) is 0. The number of benzene rings is 1. The maximum Gasteiger partial charge on any atom is 0.254 e. The summed E-state index contributed by atoms with van der Waals surface area (Å²) in [4.78, 5) is 26.8. The molecule has 7 heteroatoms. The van der Waals surface area contributed by atoms with Crippen molar-refractivity contribution in [2.45, 2.75) is 64.1 Å². The molecule has 2 amide bonds. The smallest absolute Gasteiger partial charge is 0.254 e. The lowest BCUT2D eigenvalue weighted by molar-refractivity contribution is -0.125. The number of carbonyl (C=O) groups excluding carboxylic acids is 2. The van der Waals surface area contributed by atoms with E-state index in [0.29, 0.717) is 31.1 Å². The Morgan fingerprint density at radius 1 is 1.14 bits per heavy atom. The fourth-order valence-corrected chi connectivity index (χ4v) is 4.44. The lowest BCUT2D eigenvalue weighted by atomic mass is 9.90. The van der Waals surface area contributed by atoms with E-state index in [2.05, 4.69) is 15.5 Å². The summed E-state index contributed by atoms with van der Waals surface area (Å²) < 4.78 is 26.7. The van der Waals surface area contributed by atoms with Gasteiger partial charge in [-0.15, -0.1) is 0 Å². The van der Waals surface area contributed by atoms with Crippen LogP contribution in [0.15, 0.2) is 18.2 Å². The monoisotopic (exact) mass is 393 g/mol. The molecule has 2 saturated heterocycles. The summed E-state index contributed by atoms with van der Waals surface area (Å²) in [5, 5.41) is 5.80. The van der Waals surface area contributed by atoms with Crippen molar-refractivity contribution in [2.24, 2.45) is 5.92 Å². The lowest BCUT2D eigenvalue weighted by Crippen LogP contribution is -2.52. The van der Waals surface area contributed by atoms with E-state index in [1.54, 1.807) is 0 Å². The van der Waals surface area contributed by atoms with Crippen molar-refractivity contribution in [1.29, 1.82) is 0 Å². The van der Waals surface area contributed by atoms with Crippen LogP contribution in [0.5, 0.6) is 0 Å². The predicted molar refractivity (Wildman–Crippen MR) is 103 cm³/mol. The maximum absolute atomic E-state index is 13.7. The summed E-state index contributed by atoms with van der Waals surface area (Å²) in [6.07, 6.45) is 3.94. The number of nitrogens with one attached hydrogen (secondary N) is 2. The number of nitrogens with zero attached hydrogens (tertiary/aromatic N) is 1. The number of halogens is 2. The Labute approximate surface area is 164 Å². The second kappa shape index (κ2) is 8.15. The van der Waals surface area contributed by atoms with Crippen molar-refractivity contribution in [2.75, 3.05) is 13.1 Å². The Kier molecular flexibility index (Phi) is 6.03. The van der Waals surface area contributed by atoms with Gasteiger partial charge in [0.2, 0.25) is 5.91 Å². The minimum Gasteiger partial charge on any atom is -0.352 e. The molecule has 154 valence electrons. The number of hydrogen-bond donors (Lipinski definition) is 2. The summed E-state index contributed by atoms with van der Waals surface area (Å²) in [5.41, 5.74) is -0.380. The zero-order valence-corrected chi connectivity index (χ0v) is 16.7. The van der Waals surface area contributed by atoms with Gasteiger partial charge >= 0.3 is 0 Å². The van der Waals surface area contributed by atoms with E-state index < -0.39 is 17.5 Å². The highest BCUT2D eigenvalue weighted by Crippen LogP contribution is 2.38. The second-order valence-corrected chi connectivity index (χ2v) is 9.03. The number of fused-ring (bicyclic) bond motifs is 2. The van der Waals surface area contributed by atoms with Gasteiger partial charge in [0.25, 0.3) is 5.91 Å². The average Bonchev–Trinajstić information content (AvgIpc) is 2.80. The zero-order chi connectivity index (χ0) is 20.5. The lowest BCUT2D eigenvalue weighted by Gasteiger charge is -2.39. The molecule has 1 aromatic rings. The van der Waals surface area contributed by atoms with Crippen molar-refractivity contribution in [3.05, 3.63) is 35.4 Å². The third-order valence-electron chi connectivity index (χ3n) is 5.55. The molecule has 0 aliphatic carbocycles. The Morgan fingerprint density at radius 2 is 1.79 bits per heavy atom. The van der Waals surface area contributed by atoms with E-state index in [1.807, 2.05) is 20.8 Å². The molecule has 2 aliphatic rings. The predicted octanol–water partition coefficient (Wildman–Crippen LogP) is 2.85. The minimum atomic E-state index is -0.850. The first-order valence-corrected chi connectivity index (χ1v) is 9.92. The SMILES string of the molecule is CC(C)(C)NC(=O)CN1C2CCC1CC(CNC(=O)c1ccc(F)cc1F)C2. The van der Waals surface area contributed by atoms with Gasteiger partial charge in [-0.2, -0.15) is 0 Å². The number of rotatable bonds is 5. The molecule has 2 heterocycles. The first kappa shape index (κ1) is 20.7. The van der Waals surface area contributed by atoms with Gasteiger partial charge in [0.1, 0.15) is 11.6 Å². The molecule has 0 radical (unpaired) electrons.